The molecular formula is C52H86N2Pd. The summed E-state index contributed by atoms with van der Waals surface area (Å²) in [6, 6.07) is 14.7. The number of hydrogen-bond acceptors (Lipinski definition) is 0. The van der Waals surface area contributed by atoms with Crippen LogP contribution in [0.5, 0.6) is 0 Å². The number of allylic oxidation sites excluding steroid dienone is 2. The molecule has 0 atom stereocenters. The molecule has 314 valence electrons. The Hall–Kier alpha value is -1.82. The molecule has 0 N–H and O–H groups in total. The molecule has 0 bridgehead atoms. The number of unbranched alkanes of at least 4 members (excludes halogenated alkanes) is 14. The first-order valence-electron chi connectivity index (χ1n) is 23.6. The summed E-state index contributed by atoms with van der Waals surface area (Å²) in [6.07, 6.45) is 31.9. The van der Waals surface area contributed by atoms with Crippen LogP contribution in [-0.2, 0) is 43.7 Å². The molecule has 3 heteroatoms. The van der Waals surface area contributed by atoms with Crippen LogP contribution in [0.4, 0.5) is 0 Å². The topological polar surface area (TPSA) is 25.3 Å². The maximum atomic E-state index is 12.5. The third-order valence-corrected chi connectivity index (χ3v) is 12.7. The van der Waals surface area contributed by atoms with Crippen LogP contribution in [0.25, 0.3) is 16.9 Å². The van der Waals surface area contributed by atoms with E-state index < -0.39 is 0 Å². The summed E-state index contributed by atoms with van der Waals surface area (Å²) in [5, 5.41) is 0. The Balaban J connectivity index is 0.00000196. The molecule has 0 aromatic heterocycles. The molecule has 0 fully saturated rings. The normalized spacial score (nSPS) is 13.0. The Bertz CT molecular complexity index is 1340. The van der Waals surface area contributed by atoms with Crippen LogP contribution in [0.15, 0.2) is 47.5 Å². The SMILES string of the molecule is CCCCCCCCc1cc(CCCCCCCC)cc(C2=C(CCCC)C(CCCC)=C(c3cc(CCCC)cc(CCCC)c3)[N+]2=[N-])c1.C[CH2][Pd][CH2]C. The fraction of sp³-hybridized carbons (Fsp3) is 0.692. The van der Waals surface area contributed by atoms with Gasteiger partial charge in [0.15, 0.2) is 0 Å². The van der Waals surface area contributed by atoms with Gasteiger partial charge in [0.1, 0.15) is 0 Å². The summed E-state index contributed by atoms with van der Waals surface area (Å²) in [7, 11) is 0. The summed E-state index contributed by atoms with van der Waals surface area (Å²) >= 11 is 1.04. The zero-order valence-electron chi connectivity index (χ0n) is 37.5. The summed E-state index contributed by atoms with van der Waals surface area (Å²) in [5.74, 6) is 0. The second kappa shape index (κ2) is 31.2. The van der Waals surface area contributed by atoms with Crippen molar-refractivity contribution in [2.24, 2.45) is 0 Å². The molecule has 2 aromatic carbocycles. The average molecular weight is 846 g/mol. The Morgan fingerprint density at radius 2 is 0.655 bits per heavy atom. The molecule has 0 saturated heterocycles. The van der Waals surface area contributed by atoms with E-state index in [0.717, 1.165) is 93.6 Å². The number of hydrogen-bond donors (Lipinski definition) is 0. The van der Waals surface area contributed by atoms with Gasteiger partial charge < -0.3 is 5.53 Å². The van der Waals surface area contributed by atoms with E-state index in [1.807, 2.05) is 0 Å². The van der Waals surface area contributed by atoms with Gasteiger partial charge in [-0.2, -0.15) is 0 Å². The van der Waals surface area contributed by atoms with E-state index in [1.54, 1.807) is 4.70 Å². The average Bonchev–Trinajstić information content (AvgIpc) is 3.47. The van der Waals surface area contributed by atoms with Gasteiger partial charge in [-0.3, -0.25) is 0 Å². The molecule has 2 aromatic rings. The molecule has 1 aliphatic heterocycles. The van der Waals surface area contributed by atoms with E-state index in [2.05, 4.69) is 91.8 Å². The second-order valence-corrected chi connectivity index (χ2v) is 19.1. The van der Waals surface area contributed by atoms with Crippen molar-refractivity contribution in [2.45, 2.75) is 232 Å². The van der Waals surface area contributed by atoms with Gasteiger partial charge in [0.05, 0.1) is 0 Å². The monoisotopic (exact) mass is 845 g/mol. The van der Waals surface area contributed by atoms with Gasteiger partial charge in [-0.15, -0.1) is 0 Å². The minimum absolute atomic E-state index is 1.02. The predicted molar refractivity (Wildman–Crippen MR) is 242 cm³/mol. The fourth-order valence-electron chi connectivity index (χ4n) is 8.01. The van der Waals surface area contributed by atoms with Crippen LogP contribution in [0.3, 0.4) is 0 Å². The number of benzene rings is 2. The molecule has 3 rings (SSSR count). The quantitative estimate of drug-likeness (QED) is 0.0425. The first-order chi connectivity index (χ1) is 26.9. The van der Waals surface area contributed by atoms with Crippen molar-refractivity contribution in [3.8, 4) is 0 Å². The number of nitrogens with zero attached hydrogens (tertiary/aromatic N) is 2. The number of rotatable bonds is 30. The van der Waals surface area contributed by atoms with E-state index in [1.165, 1.54) is 157 Å². The van der Waals surface area contributed by atoms with Crippen molar-refractivity contribution in [3.05, 3.63) is 86.5 Å². The van der Waals surface area contributed by atoms with Gasteiger partial charge in [-0.05, 0) is 124 Å². The van der Waals surface area contributed by atoms with Gasteiger partial charge in [-0.25, -0.2) is 4.70 Å². The first kappa shape index (κ1) is 49.3. The van der Waals surface area contributed by atoms with Gasteiger partial charge in [-0.1, -0.05) is 144 Å². The predicted octanol–water partition coefficient (Wildman–Crippen LogP) is 17.7. The zero-order chi connectivity index (χ0) is 40.1. The summed E-state index contributed by atoms with van der Waals surface area (Å²) in [4.78, 5) is 2.79. The Morgan fingerprint density at radius 3 is 0.964 bits per heavy atom. The number of aryl methyl sites for hydroxylation is 4. The van der Waals surface area contributed by atoms with E-state index >= 15 is 0 Å². The summed E-state index contributed by atoms with van der Waals surface area (Å²) in [5.41, 5.74) is 25.7. The van der Waals surface area contributed by atoms with E-state index in [9.17, 15) is 5.53 Å². The molecule has 0 radical (unpaired) electrons. The van der Waals surface area contributed by atoms with Gasteiger partial charge in [0.2, 0.25) is 11.4 Å². The van der Waals surface area contributed by atoms with Gasteiger partial charge in [0, 0.05) is 22.3 Å². The molecule has 0 amide bonds. The molecule has 55 heavy (non-hydrogen) atoms. The first-order valence-corrected chi connectivity index (χ1v) is 25.8. The summed E-state index contributed by atoms with van der Waals surface area (Å²) < 4.78 is 1.66. The zero-order valence-corrected chi connectivity index (χ0v) is 39.0. The third-order valence-electron chi connectivity index (χ3n) is 11.2. The van der Waals surface area contributed by atoms with Crippen molar-refractivity contribution < 1.29 is 22.7 Å². The van der Waals surface area contributed by atoms with Crippen molar-refractivity contribution in [2.75, 3.05) is 0 Å². The minimum atomic E-state index is 1.02. The van der Waals surface area contributed by atoms with Crippen LogP contribution < -0.4 is 0 Å². The van der Waals surface area contributed by atoms with Crippen molar-refractivity contribution in [3.63, 3.8) is 0 Å². The van der Waals surface area contributed by atoms with Gasteiger partial charge in [0.25, 0.3) is 0 Å². The Morgan fingerprint density at radius 1 is 0.364 bits per heavy atom. The molecule has 0 spiro atoms. The maximum absolute atomic E-state index is 12.5. The van der Waals surface area contributed by atoms with Crippen molar-refractivity contribution in [1.82, 2.24) is 0 Å². The van der Waals surface area contributed by atoms with Crippen LogP contribution in [-0.4, -0.2) is 4.70 Å². The molecule has 0 saturated carbocycles. The molecule has 1 heterocycles. The second-order valence-electron chi connectivity index (χ2n) is 16.1. The molecule has 2 nitrogen and oxygen atoms in total. The summed E-state index contributed by atoms with van der Waals surface area (Å²) in [6.45, 7) is 18.3. The third kappa shape index (κ3) is 18.5. The Labute approximate surface area is 350 Å². The Kier molecular flexibility index (Phi) is 28.0. The molecular weight excluding hydrogens is 759 g/mol. The fourth-order valence-corrected chi connectivity index (χ4v) is 8.78. The van der Waals surface area contributed by atoms with Crippen molar-refractivity contribution >= 4 is 11.4 Å². The van der Waals surface area contributed by atoms with E-state index in [0.29, 0.717) is 0 Å². The van der Waals surface area contributed by atoms with Gasteiger partial charge >= 0.3 is 41.6 Å². The van der Waals surface area contributed by atoms with Crippen LogP contribution >= 0.6 is 0 Å². The van der Waals surface area contributed by atoms with E-state index in [-0.39, 0.29) is 0 Å². The molecule has 0 aliphatic carbocycles. The standard InChI is InChI=1S/C48H76N2.2C2H5.Pd/c1-7-13-19-21-23-25-29-41-34-42(30-26-24-22-20-14-8-2)38-44(37-41)48-46(32-18-12-6)45(31-17-11-5)47(50(48)49)43-35-39(27-15-9-3)33-40(36-43)28-16-10-4;2*1-2;/h33-38H,7-32H2,1-6H3;2*1H2,2H3;. The molecule has 1 aliphatic rings. The van der Waals surface area contributed by atoms with Crippen molar-refractivity contribution in [1.29, 1.82) is 0 Å². The molecule has 0 unspecified atom stereocenters. The van der Waals surface area contributed by atoms with Crippen LogP contribution in [0.1, 0.15) is 230 Å². The van der Waals surface area contributed by atoms with Crippen LogP contribution in [0, 0.1) is 0 Å². The van der Waals surface area contributed by atoms with Crippen LogP contribution in [0.2, 0.25) is 9.79 Å². The van der Waals surface area contributed by atoms with E-state index in [4.69, 9.17) is 0 Å².